The molecule has 0 saturated heterocycles. The van der Waals surface area contributed by atoms with Crippen molar-refractivity contribution in [2.45, 2.75) is 33.1 Å². The highest BCUT2D eigenvalue weighted by Gasteiger charge is 2.32. The Morgan fingerprint density at radius 3 is 2.50 bits per heavy atom. The van der Waals surface area contributed by atoms with Crippen molar-refractivity contribution in [2.24, 2.45) is 5.92 Å². The first-order chi connectivity index (χ1) is 13.3. The Bertz CT molecular complexity index is 1070. The molecule has 0 aliphatic rings. The van der Waals surface area contributed by atoms with Gasteiger partial charge >= 0.3 is 5.97 Å². The Balaban J connectivity index is 2.32. The predicted octanol–water partition coefficient (Wildman–Crippen LogP) is 5.21. The van der Waals surface area contributed by atoms with Gasteiger partial charge in [-0.3, -0.25) is 14.2 Å². The van der Waals surface area contributed by atoms with Gasteiger partial charge in [0, 0.05) is 21.7 Å². The van der Waals surface area contributed by atoms with Gasteiger partial charge in [-0.1, -0.05) is 37.9 Å². The summed E-state index contributed by atoms with van der Waals surface area (Å²) < 4.78 is 1.51. The zero-order valence-corrected chi connectivity index (χ0v) is 16.7. The van der Waals surface area contributed by atoms with Crippen molar-refractivity contribution in [2.75, 3.05) is 0 Å². The number of phenols is 1. The fourth-order valence-electron chi connectivity index (χ4n) is 3.72. The molecule has 0 aliphatic heterocycles. The molecule has 0 aliphatic carbocycles. The Kier molecular flexibility index (Phi) is 5.47. The largest absolute Gasteiger partial charge is 0.508 e. The molecule has 0 spiro atoms. The summed E-state index contributed by atoms with van der Waals surface area (Å²) in [5, 5.41) is 20.9. The lowest BCUT2D eigenvalue weighted by Crippen LogP contribution is -2.21. The maximum atomic E-state index is 13.3. The van der Waals surface area contributed by atoms with Crippen molar-refractivity contribution in [1.29, 1.82) is 0 Å². The quantitative estimate of drug-likeness (QED) is 0.617. The van der Waals surface area contributed by atoms with Gasteiger partial charge in [0.25, 0.3) is 5.91 Å². The van der Waals surface area contributed by atoms with E-state index in [1.807, 2.05) is 13.8 Å². The molecule has 0 saturated carbocycles. The summed E-state index contributed by atoms with van der Waals surface area (Å²) in [6.07, 6.45) is 0.671. The number of carbonyl (C=O) groups is 2. The number of carbonyl (C=O) groups excluding carboxylic acids is 1. The summed E-state index contributed by atoms with van der Waals surface area (Å²) in [7, 11) is 0. The highest BCUT2D eigenvalue weighted by molar-refractivity contribution is 6.31. The van der Waals surface area contributed by atoms with Crippen molar-refractivity contribution in [3.8, 4) is 5.75 Å². The van der Waals surface area contributed by atoms with Crippen molar-refractivity contribution in [3.63, 3.8) is 0 Å². The lowest BCUT2D eigenvalue weighted by Gasteiger charge is -2.20. The van der Waals surface area contributed by atoms with Crippen LogP contribution in [0, 0.1) is 12.8 Å². The number of carboxylic acids is 1. The Morgan fingerprint density at radius 2 is 1.89 bits per heavy atom. The van der Waals surface area contributed by atoms with Crippen LogP contribution in [0.2, 0.25) is 5.02 Å². The van der Waals surface area contributed by atoms with Gasteiger partial charge in [0.15, 0.2) is 0 Å². The van der Waals surface area contributed by atoms with Crippen LogP contribution in [-0.2, 0) is 4.79 Å². The number of fused-ring (bicyclic) bond motifs is 1. The number of aliphatic carboxylic acids is 1. The van der Waals surface area contributed by atoms with Crippen LogP contribution >= 0.6 is 11.6 Å². The van der Waals surface area contributed by atoms with E-state index in [0.717, 1.165) is 0 Å². The number of carboxylic acid groups (broad SMARTS) is 1. The molecule has 2 atom stereocenters. The first kappa shape index (κ1) is 20.0. The molecular formula is C22H22ClNO4. The van der Waals surface area contributed by atoms with E-state index < -0.39 is 11.9 Å². The molecule has 146 valence electrons. The number of phenolic OH excluding ortho intramolecular Hbond substituents is 1. The van der Waals surface area contributed by atoms with Crippen LogP contribution in [0.5, 0.6) is 5.75 Å². The third-order valence-corrected chi connectivity index (χ3v) is 5.54. The van der Waals surface area contributed by atoms with Gasteiger partial charge in [-0.2, -0.15) is 0 Å². The molecule has 1 unspecified atom stereocenters. The van der Waals surface area contributed by atoms with Crippen LogP contribution in [0.25, 0.3) is 10.9 Å². The fraction of sp³-hybridized carbons (Fsp3) is 0.273. The van der Waals surface area contributed by atoms with E-state index in [0.29, 0.717) is 39.2 Å². The summed E-state index contributed by atoms with van der Waals surface area (Å²) in [5.41, 5.74) is 2.08. The number of benzene rings is 2. The predicted molar refractivity (Wildman–Crippen MR) is 109 cm³/mol. The van der Waals surface area contributed by atoms with Crippen LogP contribution in [0.4, 0.5) is 0 Å². The Labute approximate surface area is 168 Å². The maximum Gasteiger partial charge on any atom is 0.311 e. The van der Waals surface area contributed by atoms with Crippen molar-refractivity contribution in [3.05, 3.63) is 64.3 Å². The van der Waals surface area contributed by atoms with Crippen LogP contribution in [0.1, 0.15) is 47.8 Å². The third kappa shape index (κ3) is 3.38. The second-order valence-corrected chi connectivity index (χ2v) is 7.49. The van der Waals surface area contributed by atoms with E-state index in [1.54, 1.807) is 37.3 Å². The first-order valence-corrected chi connectivity index (χ1v) is 9.51. The molecule has 0 radical (unpaired) electrons. The lowest BCUT2D eigenvalue weighted by atomic mass is 9.84. The normalized spacial score (nSPS) is 13.4. The van der Waals surface area contributed by atoms with Crippen LogP contribution in [0.15, 0.2) is 42.5 Å². The maximum absolute atomic E-state index is 13.3. The van der Waals surface area contributed by atoms with Gasteiger partial charge in [-0.25, -0.2) is 0 Å². The molecule has 0 fully saturated rings. The SMILES string of the molecule is CC[C@H](C)C(C(=O)O)c1c(C)n(C(=O)c2cccc(Cl)c2)c2ccc(O)cc12. The second kappa shape index (κ2) is 7.68. The summed E-state index contributed by atoms with van der Waals surface area (Å²) >= 11 is 6.04. The molecule has 3 rings (SSSR count). The first-order valence-electron chi connectivity index (χ1n) is 9.13. The van der Waals surface area contributed by atoms with E-state index >= 15 is 0 Å². The van der Waals surface area contributed by atoms with E-state index in [2.05, 4.69) is 0 Å². The fourth-order valence-corrected chi connectivity index (χ4v) is 3.91. The van der Waals surface area contributed by atoms with Crippen molar-refractivity contribution < 1.29 is 19.8 Å². The molecule has 6 heteroatoms. The van der Waals surface area contributed by atoms with Gasteiger partial charge in [-0.05, 0) is 54.8 Å². The molecule has 28 heavy (non-hydrogen) atoms. The van der Waals surface area contributed by atoms with E-state index in [9.17, 15) is 19.8 Å². The van der Waals surface area contributed by atoms with Gasteiger partial charge < -0.3 is 10.2 Å². The zero-order chi connectivity index (χ0) is 20.6. The van der Waals surface area contributed by atoms with Crippen LogP contribution in [0.3, 0.4) is 0 Å². The zero-order valence-electron chi connectivity index (χ0n) is 15.9. The number of rotatable bonds is 5. The van der Waals surface area contributed by atoms with Gasteiger partial charge in [0.1, 0.15) is 5.75 Å². The highest BCUT2D eigenvalue weighted by atomic mass is 35.5. The molecule has 2 aromatic carbocycles. The second-order valence-electron chi connectivity index (χ2n) is 7.05. The van der Waals surface area contributed by atoms with Gasteiger partial charge in [0.05, 0.1) is 11.4 Å². The highest BCUT2D eigenvalue weighted by Crippen LogP contribution is 2.38. The number of aromatic nitrogens is 1. The van der Waals surface area contributed by atoms with E-state index in [4.69, 9.17) is 11.6 Å². The molecule has 2 N–H and O–H groups in total. The summed E-state index contributed by atoms with van der Waals surface area (Å²) in [4.78, 5) is 25.4. The van der Waals surface area contributed by atoms with Crippen LogP contribution in [-0.4, -0.2) is 26.7 Å². The van der Waals surface area contributed by atoms with Crippen LogP contribution < -0.4 is 0 Å². The monoisotopic (exact) mass is 399 g/mol. The number of nitrogens with zero attached hydrogens (tertiary/aromatic N) is 1. The minimum Gasteiger partial charge on any atom is -0.508 e. The molecular weight excluding hydrogens is 378 g/mol. The number of hydrogen-bond donors (Lipinski definition) is 2. The van der Waals surface area contributed by atoms with Crippen molar-refractivity contribution in [1.82, 2.24) is 4.57 Å². The molecule has 0 bridgehead atoms. The number of hydrogen-bond acceptors (Lipinski definition) is 3. The average molecular weight is 400 g/mol. The smallest absolute Gasteiger partial charge is 0.311 e. The summed E-state index contributed by atoms with van der Waals surface area (Å²) in [5.74, 6) is -2.15. The number of halogens is 1. The lowest BCUT2D eigenvalue weighted by molar-refractivity contribution is -0.140. The third-order valence-electron chi connectivity index (χ3n) is 5.30. The summed E-state index contributed by atoms with van der Waals surface area (Å²) in [6.45, 7) is 5.56. The Hall–Kier alpha value is -2.79. The van der Waals surface area contributed by atoms with Gasteiger partial charge in [-0.15, -0.1) is 0 Å². The topological polar surface area (TPSA) is 79.5 Å². The molecule has 0 amide bonds. The Morgan fingerprint density at radius 1 is 1.18 bits per heavy atom. The van der Waals surface area contributed by atoms with Crippen molar-refractivity contribution >= 4 is 34.4 Å². The summed E-state index contributed by atoms with van der Waals surface area (Å²) in [6, 6.07) is 11.3. The molecule has 1 heterocycles. The number of aromatic hydroxyl groups is 1. The minimum atomic E-state index is -0.949. The molecule has 3 aromatic rings. The standard InChI is InChI=1S/C22H22ClNO4/c1-4-12(2)19(22(27)28)20-13(3)24(18-9-8-16(25)11-17(18)20)21(26)14-6-5-7-15(23)10-14/h5-12,19,25H,4H2,1-3H3,(H,27,28)/t12-,19?/m0/s1. The van der Waals surface area contributed by atoms with Gasteiger partial charge in [0.2, 0.25) is 0 Å². The van der Waals surface area contributed by atoms with E-state index in [-0.39, 0.29) is 17.6 Å². The molecule has 5 nitrogen and oxygen atoms in total. The minimum absolute atomic E-state index is 0.0226. The average Bonchev–Trinajstić information content (AvgIpc) is 2.92. The molecule has 1 aromatic heterocycles. The van der Waals surface area contributed by atoms with E-state index in [1.165, 1.54) is 16.7 Å².